The number of carboxylic acid groups (broad SMARTS) is 1. The van der Waals surface area contributed by atoms with Crippen LogP contribution in [-0.2, 0) is 9.53 Å². The highest BCUT2D eigenvalue weighted by Crippen LogP contribution is 2.21. The molecule has 3 nitrogen and oxygen atoms in total. The lowest BCUT2D eigenvalue weighted by Crippen LogP contribution is -1.85. The Balaban J connectivity index is 2.63. The van der Waals surface area contributed by atoms with Gasteiger partial charge in [-0.25, -0.2) is 4.79 Å². The van der Waals surface area contributed by atoms with Crippen LogP contribution in [0.5, 0.6) is 0 Å². The van der Waals surface area contributed by atoms with Crippen molar-refractivity contribution in [2.24, 2.45) is 0 Å². The summed E-state index contributed by atoms with van der Waals surface area (Å²) in [5.74, 6) is -0.157. The summed E-state index contributed by atoms with van der Waals surface area (Å²) in [5.41, 5.74) is 1.84. The van der Waals surface area contributed by atoms with Gasteiger partial charge in [-0.15, -0.1) is 0 Å². The van der Waals surface area contributed by atoms with Crippen molar-refractivity contribution < 1.29 is 14.6 Å². The van der Waals surface area contributed by atoms with Crippen LogP contribution in [0.3, 0.4) is 0 Å². The van der Waals surface area contributed by atoms with Gasteiger partial charge >= 0.3 is 5.97 Å². The molecule has 0 spiro atoms. The fourth-order valence-corrected chi connectivity index (χ4v) is 1.14. The van der Waals surface area contributed by atoms with Crippen molar-refractivity contribution in [1.29, 1.82) is 0 Å². The van der Waals surface area contributed by atoms with Crippen LogP contribution < -0.4 is 0 Å². The fourth-order valence-electron chi connectivity index (χ4n) is 1.14. The maximum atomic E-state index is 10.2. The Kier molecular flexibility index (Phi) is 3.92. The van der Waals surface area contributed by atoms with E-state index in [1.165, 1.54) is 6.08 Å². The van der Waals surface area contributed by atoms with Crippen LogP contribution in [0, 0.1) is 0 Å². The number of hydrogen-bond acceptors (Lipinski definition) is 2. The van der Waals surface area contributed by atoms with Crippen LogP contribution in [0.2, 0.25) is 0 Å². The van der Waals surface area contributed by atoms with Crippen molar-refractivity contribution in [2.45, 2.75) is 13.3 Å². The second kappa shape index (κ2) is 5.20. The van der Waals surface area contributed by atoms with E-state index in [0.29, 0.717) is 6.61 Å². The summed E-state index contributed by atoms with van der Waals surface area (Å²) >= 11 is 0. The molecule has 1 rings (SSSR count). The third-order valence-corrected chi connectivity index (χ3v) is 2.00. The third-order valence-electron chi connectivity index (χ3n) is 2.00. The first-order valence-electron chi connectivity index (χ1n) is 4.70. The topological polar surface area (TPSA) is 46.5 Å². The Bertz CT molecular complexity index is 359. The summed E-state index contributed by atoms with van der Waals surface area (Å²) in [6.45, 7) is 6.36. The molecule has 1 fully saturated rings. The number of carboxylic acids is 1. The molecule has 0 aliphatic carbocycles. The molecule has 0 aromatic rings. The number of rotatable bonds is 3. The maximum Gasteiger partial charge on any atom is 0.328 e. The van der Waals surface area contributed by atoms with Crippen molar-refractivity contribution in [3.05, 3.63) is 47.8 Å². The molecule has 0 unspecified atom stereocenters. The standard InChI is InChI=1S/C12H14O3/c1-9(4-6-12(13)14)3-5-11-10(2)7-8-15-11/h3-6H,2,7-8H2,1H3,(H,13,14)/b6-4+,9-3+,11-5+. The third kappa shape index (κ3) is 3.85. The van der Waals surface area contributed by atoms with Crippen LogP contribution in [0.15, 0.2) is 47.8 Å². The van der Waals surface area contributed by atoms with Crippen LogP contribution in [0.4, 0.5) is 0 Å². The highest BCUT2D eigenvalue weighted by atomic mass is 16.5. The van der Waals surface area contributed by atoms with Gasteiger partial charge in [0.15, 0.2) is 0 Å². The molecule has 0 amide bonds. The van der Waals surface area contributed by atoms with E-state index in [-0.39, 0.29) is 0 Å². The highest BCUT2D eigenvalue weighted by molar-refractivity contribution is 5.80. The number of carbonyl (C=O) groups is 1. The SMILES string of the molecule is C=C1CCO/C1=C/C=C(C)/C=C/C(=O)O. The second-order valence-corrected chi connectivity index (χ2v) is 3.32. The predicted octanol–water partition coefficient (Wildman–Crippen LogP) is 2.43. The van der Waals surface area contributed by atoms with Crippen LogP contribution in [-0.4, -0.2) is 17.7 Å². The first-order valence-corrected chi connectivity index (χ1v) is 4.70. The molecule has 15 heavy (non-hydrogen) atoms. The van der Waals surface area contributed by atoms with Gasteiger partial charge in [-0.2, -0.15) is 0 Å². The van der Waals surface area contributed by atoms with Crippen LogP contribution in [0.25, 0.3) is 0 Å². The average Bonchev–Trinajstić information content (AvgIpc) is 2.58. The quantitative estimate of drug-likeness (QED) is 0.569. The van der Waals surface area contributed by atoms with E-state index in [0.717, 1.165) is 29.4 Å². The lowest BCUT2D eigenvalue weighted by molar-refractivity contribution is -0.131. The van der Waals surface area contributed by atoms with Crippen molar-refractivity contribution in [3.8, 4) is 0 Å². The fraction of sp³-hybridized carbons (Fsp3) is 0.250. The van der Waals surface area contributed by atoms with Crippen molar-refractivity contribution in [3.63, 3.8) is 0 Å². The van der Waals surface area contributed by atoms with Gasteiger partial charge in [-0.05, 0) is 18.6 Å². The predicted molar refractivity (Wildman–Crippen MR) is 58.3 cm³/mol. The summed E-state index contributed by atoms with van der Waals surface area (Å²) < 4.78 is 5.32. The Morgan fingerprint density at radius 3 is 2.80 bits per heavy atom. The highest BCUT2D eigenvalue weighted by Gasteiger charge is 2.10. The smallest absolute Gasteiger partial charge is 0.328 e. The first kappa shape index (κ1) is 11.3. The molecule has 1 heterocycles. The summed E-state index contributed by atoms with van der Waals surface area (Å²) in [7, 11) is 0. The van der Waals surface area contributed by atoms with E-state index in [4.69, 9.17) is 9.84 Å². The first-order chi connectivity index (χ1) is 7.09. The molecule has 1 saturated heterocycles. The zero-order valence-corrected chi connectivity index (χ0v) is 8.69. The summed E-state index contributed by atoms with van der Waals surface area (Å²) in [6.07, 6.45) is 7.14. The van der Waals surface area contributed by atoms with Gasteiger partial charge in [-0.3, -0.25) is 0 Å². The molecule has 0 radical (unpaired) electrons. The van der Waals surface area contributed by atoms with Gasteiger partial charge in [-0.1, -0.05) is 24.3 Å². The van der Waals surface area contributed by atoms with Gasteiger partial charge in [0.1, 0.15) is 5.76 Å². The Morgan fingerprint density at radius 2 is 2.27 bits per heavy atom. The molecule has 1 aliphatic heterocycles. The second-order valence-electron chi connectivity index (χ2n) is 3.32. The Labute approximate surface area is 89.1 Å². The van der Waals surface area contributed by atoms with Gasteiger partial charge in [0, 0.05) is 12.5 Å². The summed E-state index contributed by atoms with van der Waals surface area (Å²) in [5, 5.41) is 8.42. The van der Waals surface area contributed by atoms with E-state index in [2.05, 4.69) is 6.58 Å². The van der Waals surface area contributed by atoms with Crippen LogP contribution in [0.1, 0.15) is 13.3 Å². The van der Waals surface area contributed by atoms with Gasteiger partial charge in [0.05, 0.1) is 6.61 Å². The molecule has 80 valence electrons. The molecular weight excluding hydrogens is 192 g/mol. The minimum Gasteiger partial charge on any atom is -0.493 e. The molecule has 1 aliphatic rings. The summed E-state index contributed by atoms with van der Waals surface area (Å²) in [6, 6.07) is 0. The number of hydrogen-bond donors (Lipinski definition) is 1. The zero-order chi connectivity index (χ0) is 11.3. The zero-order valence-electron chi connectivity index (χ0n) is 8.69. The van der Waals surface area contributed by atoms with E-state index in [9.17, 15) is 4.79 Å². The van der Waals surface area contributed by atoms with Gasteiger partial charge in [0.25, 0.3) is 0 Å². The van der Waals surface area contributed by atoms with Crippen molar-refractivity contribution >= 4 is 5.97 Å². The number of aliphatic carboxylic acids is 1. The molecule has 0 bridgehead atoms. The maximum absolute atomic E-state index is 10.2. The minimum atomic E-state index is -0.947. The molecule has 0 aromatic heterocycles. The largest absolute Gasteiger partial charge is 0.493 e. The summed E-state index contributed by atoms with van der Waals surface area (Å²) in [4.78, 5) is 10.2. The molecular formula is C12H14O3. The monoisotopic (exact) mass is 206 g/mol. The molecule has 1 N–H and O–H groups in total. The number of allylic oxidation sites excluding steroid dienone is 5. The van der Waals surface area contributed by atoms with Crippen molar-refractivity contribution in [2.75, 3.05) is 6.61 Å². The molecule has 0 saturated carbocycles. The molecule has 0 aromatic carbocycles. The lowest BCUT2D eigenvalue weighted by atomic mass is 10.2. The Hall–Kier alpha value is -1.77. The minimum absolute atomic E-state index is 0.683. The van der Waals surface area contributed by atoms with Crippen molar-refractivity contribution in [1.82, 2.24) is 0 Å². The van der Waals surface area contributed by atoms with E-state index >= 15 is 0 Å². The van der Waals surface area contributed by atoms with Gasteiger partial charge < -0.3 is 9.84 Å². The van der Waals surface area contributed by atoms with Crippen LogP contribution >= 0.6 is 0 Å². The molecule has 0 atom stereocenters. The lowest BCUT2D eigenvalue weighted by Gasteiger charge is -1.96. The van der Waals surface area contributed by atoms with E-state index < -0.39 is 5.97 Å². The molecule has 3 heteroatoms. The number of ether oxygens (including phenoxy) is 1. The van der Waals surface area contributed by atoms with E-state index in [1.807, 2.05) is 19.1 Å². The average molecular weight is 206 g/mol. The van der Waals surface area contributed by atoms with E-state index in [1.54, 1.807) is 0 Å². The van der Waals surface area contributed by atoms with Gasteiger partial charge in [0.2, 0.25) is 0 Å². The normalized spacial score (nSPS) is 19.9. The Morgan fingerprint density at radius 1 is 1.53 bits per heavy atom.